The fourth-order valence-electron chi connectivity index (χ4n) is 2.92. The molecule has 0 saturated heterocycles. The Morgan fingerprint density at radius 3 is 2.71 bits per heavy atom. The molecule has 0 bridgehead atoms. The number of benzene rings is 1. The first-order valence-electron chi connectivity index (χ1n) is 8.77. The van der Waals surface area contributed by atoms with Crippen LogP contribution in [0.2, 0.25) is 5.02 Å². The van der Waals surface area contributed by atoms with E-state index in [1.165, 1.54) is 11.0 Å². The second-order valence-corrected chi connectivity index (χ2v) is 7.84. The third-order valence-electron chi connectivity index (χ3n) is 4.37. The summed E-state index contributed by atoms with van der Waals surface area (Å²) >= 11 is 7.59. The smallest absolute Gasteiger partial charge is 0.331 e. The van der Waals surface area contributed by atoms with Crippen molar-refractivity contribution in [2.75, 3.05) is 6.61 Å². The molecule has 0 radical (unpaired) electrons. The van der Waals surface area contributed by atoms with E-state index in [1.54, 1.807) is 35.6 Å². The molecule has 3 aromatic rings. The second kappa shape index (κ2) is 9.04. The van der Waals surface area contributed by atoms with Crippen molar-refractivity contribution in [3.8, 4) is 0 Å². The largest absolute Gasteiger partial charge is 0.454 e. The lowest BCUT2D eigenvalue weighted by atomic mass is 10.1. The topological polar surface area (TPSA) is 48.3 Å². The van der Waals surface area contributed by atoms with E-state index in [0.717, 1.165) is 23.5 Å². The summed E-state index contributed by atoms with van der Waals surface area (Å²) in [5, 5.41) is 2.62. The van der Waals surface area contributed by atoms with Crippen molar-refractivity contribution in [1.82, 2.24) is 4.57 Å². The van der Waals surface area contributed by atoms with Crippen LogP contribution in [0.15, 0.2) is 53.9 Å². The molecule has 1 aromatic carbocycles. The van der Waals surface area contributed by atoms with Crippen molar-refractivity contribution in [1.29, 1.82) is 0 Å². The molecule has 6 heteroatoms. The Labute approximate surface area is 173 Å². The molecule has 2 aromatic heterocycles. The van der Waals surface area contributed by atoms with Crippen LogP contribution in [0.5, 0.6) is 0 Å². The maximum absolute atomic E-state index is 12.5. The summed E-state index contributed by atoms with van der Waals surface area (Å²) < 4.78 is 7.20. The number of carbonyl (C=O) groups excluding carboxylic acids is 2. The van der Waals surface area contributed by atoms with Crippen LogP contribution < -0.4 is 0 Å². The van der Waals surface area contributed by atoms with Gasteiger partial charge >= 0.3 is 5.97 Å². The number of ether oxygens (including phenoxy) is 1. The predicted octanol–water partition coefficient (Wildman–Crippen LogP) is 5.31. The Morgan fingerprint density at radius 1 is 1.18 bits per heavy atom. The van der Waals surface area contributed by atoms with E-state index in [2.05, 4.69) is 10.6 Å². The van der Waals surface area contributed by atoms with Gasteiger partial charge in [-0.15, -0.1) is 11.3 Å². The number of carbonyl (C=O) groups is 2. The van der Waals surface area contributed by atoms with Gasteiger partial charge in [-0.05, 0) is 55.1 Å². The molecule has 0 unspecified atom stereocenters. The molecule has 0 fully saturated rings. The molecular formula is C22H20ClNO3S. The number of nitrogens with zero attached hydrogens (tertiary/aromatic N) is 1. The number of aromatic nitrogens is 1. The zero-order chi connectivity index (χ0) is 20.1. The van der Waals surface area contributed by atoms with Crippen molar-refractivity contribution in [2.45, 2.75) is 20.4 Å². The van der Waals surface area contributed by atoms with Gasteiger partial charge in [-0.25, -0.2) is 4.79 Å². The molecule has 0 saturated carbocycles. The molecule has 144 valence electrons. The summed E-state index contributed by atoms with van der Waals surface area (Å²) in [5.74, 6) is -0.782. The Morgan fingerprint density at radius 2 is 2.00 bits per heavy atom. The van der Waals surface area contributed by atoms with Crippen molar-refractivity contribution in [3.63, 3.8) is 0 Å². The van der Waals surface area contributed by atoms with Crippen LogP contribution >= 0.6 is 22.9 Å². The van der Waals surface area contributed by atoms with Gasteiger partial charge in [0.15, 0.2) is 6.61 Å². The predicted molar refractivity (Wildman–Crippen MR) is 113 cm³/mol. The SMILES string of the molecule is Cc1cc(C(=O)COC(=O)/C=C/c2cccc(Cl)c2)c(C)n1Cc1cccs1. The summed E-state index contributed by atoms with van der Waals surface area (Å²) in [6.07, 6.45) is 2.89. The normalized spacial score (nSPS) is 11.1. The summed E-state index contributed by atoms with van der Waals surface area (Å²) in [6, 6.07) is 13.0. The highest BCUT2D eigenvalue weighted by molar-refractivity contribution is 7.09. The summed E-state index contributed by atoms with van der Waals surface area (Å²) in [4.78, 5) is 25.7. The molecule has 3 rings (SSSR count). The Balaban J connectivity index is 1.61. The molecule has 4 nitrogen and oxygen atoms in total. The molecule has 0 aliphatic heterocycles. The van der Waals surface area contributed by atoms with Crippen LogP contribution in [-0.2, 0) is 16.1 Å². The molecule has 0 spiro atoms. The molecule has 0 aliphatic rings. The van der Waals surface area contributed by atoms with E-state index in [4.69, 9.17) is 16.3 Å². The van der Waals surface area contributed by atoms with Crippen molar-refractivity contribution < 1.29 is 14.3 Å². The lowest BCUT2D eigenvalue weighted by Gasteiger charge is -2.08. The second-order valence-electron chi connectivity index (χ2n) is 6.37. The minimum absolute atomic E-state index is 0.213. The fourth-order valence-corrected chi connectivity index (χ4v) is 3.81. The van der Waals surface area contributed by atoms with E-state index in [0.29, 0.717) is 10.6 Å². The molecule has 2 heterocycles. The van der Waals surface area contributed by atoms with Crippen LogP contribution in [0.1, 0.15) is 32.2 Å². The summed E-state index contributed by atoms with van der Waals surface area (Å²) in [6.45, 7) is 4.32. The van der Waals surface area contributed by atoms with E-state index < -0.39 is 5.97 Å². The van der Waals surface area contributed by atoms with Gasteiger partial charge in [0, 0.05) is 32.9 Å². The number of esters is 1. The fraction of sp³-hybridized carbons (Fsp3) is 0.182. The van der Waals surface area contributed by atoms with Crippen molar-refractivity contribution >= 4 is 40.8 Å². The molecule has 0 amide bonds. The Hall–Kier alpha value is -2.63. The highest BCUT2D eigenvalue weighted by Crippen LogP contribution is 2.20. The zero-order valence-corrected chi connectivity index (χ0v) is 17.2. The number of rotatable bonds is 7. The zero-order valence-electron chi connectivity index (χ0n) is 15.6. The quantitative estimate of drug-likeness (QED) is 0.299. The number of hydrogen-bond acceptors (Lipinski definition) is 4. The van der Waals surface area contributed by atoms with Crippen molar-refractivity contribution in [3.05, 3.63) is 86.3 Å². The standard InChI is InChI=1S/C22H20ClNO3S/c1-15-11-20(16(2)24(15)13-19-7-4-10-28-19)21(25)14-27-22(26)9-8-17-5-3-6-18(23)12-17/h3-12H,13-14H2,1-2H3/b9-8+. The number of aryl methyl sites for hydroxylation is 1. The van der Waals surface area contributed by atoms with Gasteiger partial charge in [-0.1, -0.05) is 29.8 Å². The first kappa shape index (κ1) is 20.1. The number of hydrogen-bond donors (Lipinski definition) is 0. The third-order valence-corrected chi connectivity index (χ3v) is 5.47. The van der Waals surface area contributed by atoms with Gasteiger partial charge in [0.2, 0.25) is 5.78 Å². The maximum atomic E-state index is 12.5. The molecule has 0 aliphatic carbocycles. The van der Waals surface area contributed by atoms with Crippen LogP contribution in [0, 0.1) is 13.8 Å². The van der Waals surface area contributed by atoms with Gasteiger partial charge in [0.05, 0.1) is 6.54 Å². The third kappa shape index (κ3) is 5.00. The minimum atomic E-state index is -0.569. The molecule has 0 N–H and O–H groups in total. The highest BCUT2D eigenvalue weighted by Gasteiger charge is 2.17. The van der Waals surface area contributed by atoms with E-state index in [-0.39, 0.29) is 12.4 Å². The number of ketones is 1. The molecule has 0 atom stereocenters. The lowest BCUT2D eigenvalue weighted by molar-refractivity contribution is -0.136. The van der Waals surface area contributed by atoms with Crippen molar-refractivity contribution in [2.24, 2.45) is 0 Å². The van der Waals surface area contributed by atoms with Gasteiger partial charge in [-0.3, -0.25) is 4.79 Å². The number of halogens is 1. The minimum Gasteiger partial charge on any atom is -0.454 e. The van der Waals surface area contributed by atoms with Gasteiger partial charge < -0.3 is 9.30 Å². The van der Waals surface area contributed by atoms with E-state index in [1.807, 2.05) is 37.4 Å². The van der Waals surface area contributed by atoms with Crippen LogP contribution in [0.25, 0.3) is 6.08 Å². The molecular weight excluding hydrogens is 394 g/mol. The molecule has 28 heavy (non-hydrogen) atoms. The number of Topliss-reactive ketones (excluding diaryl/α,β-unsaturated/α-hetero) is 1. The number of thiophene rings is 1. The van der Waals surface area contributed by atoms with E-state index in [9.17, 15) is 9.59 Å². The van der Waals surface area contributed by atoms with Gasteiger partial charge in [0.25, 0.3) is 0 Å². The van der Waals surface area contributed by atoms with E-state index >= 15 is 0 Å². The van der Waals surface area contributed by atoms with Crippen LogP contribution in [0.4, 0.5) is 0 Å². The average Bonchev–Trinajstić information content (AvgIpc) is 3.28. The first-order chi connectivity index (χ1) is 13.4. The highest BCUT2D eigenvalue weighted by atomic mass is 35.5. The summed E-state index contributed by atoms with van der Waals surface area (Å²) in [7, 11) is 0. The van der Waals surface area contributed by atoms with Gasteiger partial charge in [-0.2, -0.15) is 0 Å². The monoisotopic (exact) mass is 413 g/mol. The summed E-state index contributed by atoms with van der Waals surface area (Å²) in [5.41, 5.74) is 3.25. The lowest BCUT2D eigenvalue weighted by Crippen LogP contribution is -2.13. The first-order valence-corrected chi connectivity index (χ1v) is 10.0. The Kier molecular flexibility index (Phi) is 6.49. The van der Waals surface area contributed by atoms with Crippen LogP contribution in [-0.4, -0.2) is 22.9 Å². The van der Waals surface area contributed by atoms with Gasteiger partial charge in [0.1, 0.15) is 0 Å². The van der Waals surface area contributed by atoms with Crippen LogP contribution in [0.3, 0.4) is 0 Å². The average molecular weight is 414 g/mol. The maximum Gasteiger partial charge on any atom is 0.331 e. The Bertz CT molecular complexity index is 1020.